The molecule has 8 heteroatoms. The lowest BCUT2D eigenvalue weighted by molar-refractivity contribution is -0.130. The second-order valence-electron chi connectivity index (χ2n) is 7.12. The molecular formula is C20H32N4O3S. The van der Waals surface area contributed by atoms with Crippen LogP contribution < -0.4 is 10.6 Å². The number of nitrogens with zero attached hydrogens (tertiary/aromatic N) is 2. The number of fused-ring (bicyclic) bond motifs is 1. The Balaban J connectivity index is 1.34. The molecule has 0 spiro atoms. The van der Waals surface area contributed by atoms with Gasteiger partial charge in [-0.3, -0.25) is 4.79 Å². The number of carbonyl (C=O) groups excluding carboxylic acids is 1. The van der Waals surface area contributed by atoms with Crippen molar-refractivity contribution < 1.29 is 14.3 Å². The summed E-state index contributed by atoms with van der Waals surface area (Å²) < 4.78 is 11.2. The van der Waals surface area contributed by atoms with Crippen LogP contribution in [0.3, 0.4) is 0 Å². The van der Waals surface area contributed by atoms with Crippen molar-refractivity contribution in [1.29, 1.82) is 0 Å². The number of ether oxygens (including phenoxy) is 2. The Kier molecular flexibility index (Phi) is 8.57. The van der Waals surface area contributed by atoms with Crippen LogP contribution in [0.4, 0.5) is 0 Å². The van der Waals surface area contributed by atoms with E-state index >= 15 is 0 Å². The molecule has 0 bridgehead atoms. The molecule has 156 valence electrons. The summed E-state index contributed by atoms with van der Waals surface area (Å²) in [7, 11) is 0. The first kappa shape index (κ1) is 21.1. The summed E-state index contributed by atoms with van der Waals surface area (Å²) in [6.45, 7) is 7.45. The highest BCUT2D eigenvalue weighted by Crippen LogP contribution is 2.23. The highest BCUT2D eigenvalue weighted by molar-refractivity contribution is 7.10. The van der Waals surface area contributed by atoms with Gasteiger partial charge >= 0.3 is 0 Å². The normalized spacial score (nSPS) is 19.5. The van der Waals surface area contributed by atoms with Crippen molar-refractivity contribution in [2.45, 2.75) is 45.3 Å². The Bertz CT molecular complexity index is 643. The molecule has 0 radical (unpaired) electrons. The number of hydrogen-bond acceptors (Lipinski definition) is 5. The van der Waals surface area contributed by atoms with Crippen molar-refractivity contribution in [1.82, 2.24) is 15.5 Å². The number of rotatable bonds is 9. The lowest BCUT2D eigenvalue weighted by Gasteiger charge is -2.26. The number of hydrogen-bond donors (Lipinski definition) is 2. The van der Waals surface area contributed by atoms with E-state index in [-0.39, 0.29) is 18.6 Å². The highest BCUT2D eigenvalue weighted by Gasteiger charge is 2.21. The minimum absolute atomic E-state index is 0.0777. The molecule has 1 aromatic rings. The van der Waals surface area contributed by atoms with Crippen LogP contribution in [-0.2, 0) is 27.2 Å². The van der Waals surface area contributed by atoms with Gasteiger partial charge in [-0.2, -0.15) is 0 Å². The maximum atomic E-state index is 12.5. The molecule has 2 N–H and O–H groups in total. The first-order valence-electron chi connectivity index (χ1n) is 10.3. The maximum Gasteiger partial charge on any atom is 0.244 e. The summed E-state index contributed by atoms with van der Waals surface area (Å²) in [6.07, 6.45) is 4.36. The van der Waals surface area contributed by atoms with Crippen LogP contribution in [0.15, 0.2) is 16.4 Å². The molecule has 0 aliphatic carbocycles. The highest BCUT2D eigenvalue weighted by atomic mass is 32.1. The predicted molar refractivity (Wildman–Crippen MR) is 112 cm³/mol. The molecule has 1 amide bonds. The van der Waals surface area contributed by atoms with Crippen LogP contribution in [0.5, 0.6) is 0 Å². The fourth-order valence-electron chi connectivity index (χ4n) is 3.42. The Morgan fingerprint density at radius 3 is 3.21 bits per heavy atom. The van der Waals surface area contributed by atoms with Crippen LogP contribution in [0, 0.1) is 0 Å². The number of thiophene rings is 1. The molecule has 0 aromatic carbocycles. The zero-order chi connectivity index (χ0) is 19.6. The zero-order valence-electron chi connectivity index (χ0n) is 16.7. The van der Waals surface area contributed by atoms with Crippen LogP contribution in [0.1, 0.15) is 36.6 Å². The van der Waals surface area contributed by atoms with E-state index in [1.807, 2.05) is 11.8 Å². The van der Waals surface area contributed by atoms with E-state index in [4.69, 9.17) is 9.47 Å². The van der Waals surface area contributed by atoms with Gasteiger partial charge in [0.15, 0.2) is 5.96 Å². The molecular weight excluding hydrogens is 376 g/mol. The minimum atomic E-state index is 0.0777. The van der Waals surface area contributed by atoms with Crippen LogP contribution in [0.2, 0.25) is 0 Å². The van der Waals surface area contributed by atoms with Gasteiger partial charge < -0.3 is 25.0 Å². The van der Waals surface area contributed by atoms with Gasteiger partial charge in [0.25, 0.3) is 0 Å². The summed E-state index contributed by atoms with van der Waals surface area (Å²) in [4.78, 5) is 20.3. The number of aliphatic imine (C=N–C) groups is 1. The first-order chi connectivity index (χ1) is 13.8. The number of guanidine groups is 1. The van der Waals surface area contributed by atoms with Gasteiger partial charge in [0.05, 0.1) is 12.7 Å². The molecule has 2 aliphatic rings. The number of amides is 1. The van der Waals surface area contributed by atoms with Crippen LogP contribution >= 0.6 is 11.3 Å². The van der Waals surface area contributed by atoms with Gasteiger partial charge in [-0.25, -0.2) is 4.99 Å². The zero-order valence-corrected chi connectivity index (χ0v) is 17.6. The van der Waals surface area contributed by atoms with Gasteiger partial charge in [-0.15, -0.1) is 11.3 Å². The van der Waals surface area contributed by atoms with E-state index in [2.05, 4.69) is 27.1 Å². The van der Waals surface area contributed by atoms with Crippen molar-refractivity contribution in [2.24, 2.45) is 4.99 Å². The Labute approximate surface area is 171 Å². The van der Waals surface area contributed by atoms with Crippen LogP contribution in [-0.4, -0.2) is 68.9 Å². The van der Waals surface area contributed by atoms with Gasteiger partial charge in [-0.1, -0.05) is 0 Å². The van der Waals surface area contributed by atoms with Crippen molar-refractivity contribution in [3.05, 3.63) is 21.9 Å². The smallest absolute Gasteiger partial charge is 0.244 e. The third kappa shape index (κ3) is 6.46. The Morgan fingerprint density at radius 2 is 2.39 bits per heavy atom. The van der Waals surface area contributed by atoms with E-state index in [0.29, 0.717) is 25.7 Å². The van der Waals surface area contributed by atoms with Gasteiger partial charge in [0.2, 0.25) is 5.91 Å². The van der Waals surface area contributed by atoms with Crippen molar-refractivity contribution in [3.63, 3.8) is 0 Å². The van der Waals surface area contributed by atoms with Crippen LogP contribution in [0.25, 0.3) is 0 Å². The molecule has 1 aromatic heterocycles. The van der Waals surface area contributed by atoms with Crippen molar-refractivity contribution >= 4 is 23.2 Å². The SMILES string of the molecule is CCNC(=NCC(=O)N1CCc2sccc2C1)NCCCOCC1CCCO1. The molecule has 1 fully saturated rings. The van der Waals surface area contributed by atoms with Crippen molar-refractivity contribution in [3.8, 4) is 0 Å². The summed E-state index contributed by atoms with van der Waals surface area (Å²) in [6, 6.07) is 2.12. The predicted octanol–water partition coefficient (Wildman–Crippen LogP) is 1.77. The lowest BCUT2D eigenvalue weighted by Crippen LogP contribution is -2.40. The minimum Gasteiger partial charge on any atom is -0.379 e. The molecule has 3 rings (SSSR count). The standard InChI is InChI=1S/C20H32N4O3S/c1-2-21-20(22-8-4-10-26-15-17-5-3-11-27-17)23-13-19(25)24-9-6-18-16(14-24)7-12-28-18/h7,12,17H,2-6,8-11,13-15H2,1H3,(H2,21,22,23). The van der Waals surface area contributed by atoms with E-state index < -0.39 is 0 Å². The topological polar surface area (TPSA) is 75.2 Å². The summed E-state index contributed by atoms with van der Waals surface area (Å²) >= 11 is 1.78. The molecule has 7 nitrogen and oxygen atoms in total. The fourth-order valence-corrected chi connectivity index (χ4v) is 4.31. The first-order valence-corrected chi connectivity index (χ1v) is 11.2. The molecule has 1 unspecified atom stereocenters. The van der Waals surface area contributed by atoms with E-state index in [9.17, 15) is 4.79 Å². The average Bonchev–Trinajstić information content (AvgIpc) is 3.39. The van der Waals surface area contributed by atoms with Gasteiger partial charge in [0.1, 0.15) is 6.54 Å². The third-order valence-electron chi connectivity index (χ3n) is 4.96. The largest absolute Gasteiger partial charge is 0.379 e. The molecule has 1 atom stereocenters. The quantitative estimate of drug-likeness (QED) is 0.370. The monoisotopic (exact) mass is 408 g/mol. The van der Waals surface area contributed by atoms with E-state index in [1.54, 1.807) is 11.3 Å². The van der Waals surface area contributed by atoms with Gasteiger partial charge in [0, 0.05) is 44.3 Å². The third-order valence-corrected chi connectivity index (χ3v) is 5.99. The fraction of sp³-hybridized carbons (Fsp3) is 0.700. The number of carbonyl (C=O) groups is 1. The second kappa shape index (κ2) is 11.4. The van der Waals surface area contributed by atoms with Gasteiger partial charge in [-0.05, 0) is 49.6 Å². The summed E-state index contributed by atoms with van der Waals surface area (Å²) in [5.74, 6) is 0.761. The van der Waals surface area contributed by atoms with E-state index in [1.165, 1.54) is 10.4 Å². The average molecular weight is 409 g/mol. The molecule has 1 saturated heterocycles. The Hall–Kier alpha value is -1.64. The van der Waals surface area contributed by atoms with Crippen molar-refractivity contribution in [2.75, 3.05) is 46.0 Å². The molecule has 28 heavy (non-hydrogen) atoms. The van der Waals surface area contributed by atoms with E-state index in [0.717, 1.165) is 51.9 Å². The second-order valence-corrected chi connectivity index (χ2v) is 8.12. The Morgan fingerprint density at radius 1 is 1.46 bits per heavy atom. The summed E-state index contributed by atoms with van der Waals surface area (Å²) in [5.41, 5.74) is 1.28. The number of nitrogens with one attached hydrogen (secondary N) is 2. The summed E-state index contributed by atoms with van der Waals surface area (Å²) in [5, 5.41) is 8.58. The molecule has 2 aliphatic heterocycles. The maximum absolute atomic E-state index is 12.5. The lowest BCUT2D eigenvalue weighted by atomic mass is 10.1. The molecule has 3 heterocycles. The molecule has 0 saturated carbocycles.